The van der Waals surface area contributed by atoms with E-state index in [1.54, 1.807) is 0 Å². The third kappa shape index (κ3) is 2.52. The standard InChI is InChI=1S/C19H16ClOP/c1-15-18(20)13-8-14-19(15)22(21,16-9-4-2-5-10-16)17-11-6-3-7-12-17/h2-14H,1H3. The van der Waals surface area contributed by atoms with E-state index in [1.165, 1.54) is 0 Å². The normalized spacial score (nSPS) is 11.4. The van der Waals surface area contributed by atoms with Crippen LogP contribution in [-0.2, 0) is 4.57 Å². The fraction of sp³-hybridized carbons (Fsp3) is 0.0526. The molecule has 3 rings (SSSR count). The maximum atomic E-state index is 14.1. The first-order chi connectivity index (χ1) is 10.6. The largest absolute Gasteiger partial charge is 0.309 e. The molecule has 3 aromatic rings. The zero-order valence-electron chi connectivity index (χ0n) is 12.2. The van der Waals surface area contributed by atoms with Crippen molar-refractivity contribution >= 4 is 34.7 Å². The predicted molar refractivity (Wildman–Crippen MR) is 95.6 cm³/mol. The number of hydrogen-bond donors (Lipinski definition) is 0. The molecule has 3 aromatic carbocycles. The van der Waals surface area contributed by atoms with E-state index >= 15 is 0 Å². The Labute approximate surface area is 136 Å². The lowest BCUT2D eigenvalue weighted by Gasteiger charge is -2.22. The van der Waals surface area contributed by atoms with E-state index in [0.717, 1.165) is 21.5 Å². The van der Waals surface area contributed by atoms with Crippen LogP contribution >= 0.6 is 18.7 Å². The van der Waals surface area contributed by atoms with Crippen LogP contribution in [0.25, 0.3) is 0 Å². The van der Waals surface area contributed by atoms with Crippen molar-refractivity contribution in [3.63, 3.8) is 0 Å². The Morgan fingerprint density at radius 3 is 1.73 bits per heavy atom. The molecule has 0 unspecified atom stereocenters. The molecule has 0 saturated carbocycles. The first kappa shape index (κ1) is 15.1. The molecule has 0 aromatic heterocycles. The lowest BCUT2D eigenvalue weighted by molar-refractivity contribution is 0.592. The summed E-state index contributed by atoms with van der Waals surface area (Å²) in [5, 5.41) is 3.10. The molecule has 0 atom stereocenters. The van der Waals surface area contributed by atoms with Crippen LogP contribution in [0.3, 0.4) is 0 Å². The Bertz CT molecular complexity index is 785. The molecule has 0 aliphatic carbocycles. The minimum absolute atomic E-state index is 0.643. The molecular formula is C19H16ClOP. The molecule has 0 saturated heterocycles. The van der Waals surface area contributed by atoms with Gasteiger partial charge in [-0.15, -0.1) is 0 Å². The van der Waals surface area contributed by atoms with E-state index in [9.17, 15) is 4.57 Å². The van der Waals surface area contributed by atoms with Gasteiger partial charge in [0.2, 0.25) is 0 Å². The topological polar surface area (TPSA) is 17.1 Å². The van der Waals surface area contributed by atoms with Crippen LogP contribution < -0.4 is 15.9 Å². The molecule has 0 spiro atoms. The highest BCUT2D eigenvalue weighted by molar-refractivity contribution is 7.85. The summed E-state index contributed by atoms with van der Waals surface area (Å²) in [7, 11) is -2.93. The second kappa shape index (κ2) is 6.12. The molecule has 3 heteroatoms. The molecule has 1 nitrogen and oxygen atoms in total. The maximum Gasteiger partial charge on any atom is 0.171 e. The first-order valence-corrected chi connectivity index (χ1v) is 9.19. The van der Waals surface area contributed by atoms with Crippen molar-refractivity contribution in [3.05, 3.63) is 89.4 Å². The summed E-state index contributed by atoms with van der Waals surface area (Å²) in [5.41, 5.74) is 0.875. The predicted octanol–water partition coefficient (Wildman–Crippen LogP) is 4.29. The number of hydrogen-bond acceptors (Lipinski definition) is 1. The maximum absolute atomic E-state index is 14.1. The zero-order valence-corrected chi connectivity index (χ0v) is 13.9. The highest BCUT2D eigenvalue weighted by atomic mass is 35.5. The minimum atomic E-state index is -2.93. The minimum Gasteiger partial charge on any atom is -0.309 e. The Hall–Kier alpha value is -1.82. The van der Waals surface area contributed by atoms with Gasteiger partial charge in [-0.1, -0.05) is 84.4 Å². The average molecular weight is 327 g/mol. The van der Waals surface area contributed by atoms with Crippen molar-refractivity contribution in [3.8, 4) is 0 Å². The molecule has 0 amide bonds. The Morgan fingerprint density at radius 2 is 1.23 bits per heavy atom. The van der Waals surface area contributed by atoms with Gasteiger partial charge in [0.25, 0.3) is 0 Å². The molecule has 0 N–H and O–H groups in total. The lowest BCUT2D eigenvalue weighted by atomic mass is 10.2. The number of benzene rings is 3. The summed E-state index contributed by atoms with van der Waals surface area (Å²) in [5.74, 6) is 0. The summed E-state index contributed by atoms with van der Waals surface area (Å²) < 4.78 is 14.1. The van der Waals surface area contributed by atoms with Crippen LogP contribution in [0.5, 0.6) is 0 Å². The number of rotatable bonds is 3. The molecule has 0 radical (unpaired) electrons. The summed E-state index contributed by atoms with van der Waals surface area (Å²) in [4.78, 5) is 0. The SMILES string of the molecule is Cc1c(Cl)cccc1P(=O)(c1ccccc1)c1ccccc1. The Kier molecular flexibility index (Phi) is 4.20. The van der Waals surface area contributed by atoms with Gasteiger partial charge < -0.3 is 4.57 Å². The Morgan fingerprint density at radius 1 is 0.727 bits per heavy atom. The van der Waals surface area contributed by atoms with Crippen molar-refractivity contribution in [2.75, 3.05) is 0 Å². The van der Waals surface area contributed by atoms with Gasteiger partial charge in [0, 0.05) is 20.9 Å². The van der Waals surface area contributed by atoms with E-state index < -0.39 is 7.14 Å². The highest BCUT2D eigenvalue weighted by Crippen LogP contribution is 2.43. The van der Waals surface area contributed by atoms with Crippen molar-refractivity contribution in [1.82, 2.24) is 0 Å². The third-order valence-electron chi connectivity index (χ3n) is 3.82. The molecule has 22 heavy (non-hydrogen) atoms. The third-order valence-corrected chi connectivity index (χ3v) is 7.44. The summed E-state index contributed by atoms with van der Waals surface area (Å²) in [6, 6.07) is 24.9. The fourth-order valence-corrected chi connectivity index (χ4v) is 5.81. The van der Waals surface area contributed by atoms with E-state index in [-0.39, 0.29) is 0 Å². The van der Waals surface area contributed by atoms with Gasteiger partial charge in [-0.2, -0.15) is 0 Å². The van der Waals surface area contributed by atoms with Gasteiger partial charge in [0.05, 0.1) is 0 Å². The molecule has 0 heterocycles. The van der Waals surface area contributed by atoms with Crippen molar-refractivity contribution in [1.29, 1.82) is 0 Å². The summed E-state index contributed by atoms with van der Waals surface area (Å²) in [6.45, 7) is 1.93. The molecular weight excluding hydrogens is 311 g/mol. The molecule has 0 aliphatic rings. The van der Waals surface area contributed by atoms with Gasteiger partial charge in [-0.05, 0) is 18.6 Å². The second-order valence-corrected chi connectivity index (χ2v) is 8.30. The van der Waals surface area contributed by atoms with Crippen LogP contribution in [0.15, 0.2) is 78.9 Å². The van der Waals surface area contributed by atoms with E-state index in [0.29, 0.717) is 5.02 Å². The van der Waals surface area contributed by atoms with Crippen LogP contribution in [0.4, 0.5) is 0 Å². The lowest BCUT2D eigenvalue weighted by Crippen LogP contribution is -2.26. The van der Waals surface area contributed by atoms with Crippen LogP contribution in [-0.4, -0.2) is 0 Å². The van der Waals surface area contributed by atoms with Crippen molar-refractivity contribution in [2.24, 2.45) is 0 Å². The summed E-state index contributed by atoms with van der Waals surface area (Å²) in [6.07, 6.45) is 0. The first-order valence-electron chi connectivity index (χ1n) is 7.11. The van der Waals surface area contributed by atoms with E-state index in [2.05, 4.69) is 0 Å². The molecule has 0 fully saturated rings. The second-order valence-electron chi connectivity index (χ2n) is 5.16. The van der Waals surface area contributed by atoms with Crippen molar-refractivity contribution < 1.29 is 4.57 Å². The van der Waals surface area contributed by atoms with E-state index in [1.807, 2.05) is 85.8 Å². The smallest absolute Gasteiger partial charge is 0.171 e. The van der Waals surface area contributed by atoms with Crippen LogP contribution in [0.2, 0.25) is 5.02 Å². The summed E-state index contributed by atoms with van der Waals surface area (Å²) >= 11 is 6.27. The van der Waals surface area contributed by atoms with E-state index in [4.69, 9.17) is 11.6 Å². The quantitative estimate of drug-likeness (QED) is 0.656. The fourth-order valence-electron chi connectivity index (χ4n) is 2.64. The molecule has 110 valence electrons. The average Bonchev–Trinajstić information content (AvgIpc) is 2.58. The van der Waals surface area contributed by atoms with Crippen LogP contribution in [0.1, 0.15) is 5.56 Å². The van der Waals surface area contributed by atoms with Gasteiger partial charge >= 0.3 is 0 Å². The number of halogens is 1. The molecule has 0 aliphatic heterocycles. The van der Waals surface area contributed by atoms with Crippen molar-refractivity contribution in [2.45, 2.75) is 6.92 Å². The van der Waals surface area contributed by atoms with Gasteiger partial charge in [0.1, 0.15) is 0 Å². The molecule has 0 bridgehead atoms. The van der Waals surface area contributed by atoms with Gasteiger partial charge in [-0.3, -0.25) is 0 Å². The highest BCUT2D eigenvalue weighted by Gasteiger charge is 2.31. The van der Waals surface area contributed by atoms with Gasteiger partial charge in [0.15, 0.2) is 7.14 Å². The monoisotopic (exact) mass is 326 g/mol. The zero-order chi connectivity index (χ0) is 15.6. The van der Waals surface area contributed by atoms with Crippen LogP contribution in [0, 0.1) is 6.92 Å². The van der Waals surface area contributed by atoms with Gasteiger partial charge in [-0.25, -0.2) is 0 Å². The Balaban J connectivity index is 2.34.